The Morgan fingerprint density at radius 1 is 1.28 bits per heavy atom. The van der Waals surface area contributed by atoms with E-state index in [1.165, 1.54) is 5.56 Å². The van der Waals surface area contributed by atoms with Crippen molar-refractivity contribution in [2.75, 3.05) is 6.54 Å². The van der Waals surface area contributed by atoms with Crippen LogP contribution in [0, 0.1) is 0 Å². The third-order valence-electron chi connectivity index (χ3n) is 2.87. The van der Waals surface area contributed by atoms with E-state index in [1.54, 1.807) is 0 Å². The molecular formula is C15H24N2O. The molecule has 1 unspecified atom stereocenters. The molecule has 3 nitrogen and oxygen atoms in total. The smallest absolute Gasteiger partial charge is 0.220 e. The standard InChI is InChI=1S/C15H24N2O/c1-13(16)7-6-12-17-15(18)11-5-10-14-8-3-2-4-9-14/h2-4,8-9,13H,5-7,10-12,16H2,1H3,(H,17,18). The first-order valence-corrected chi connectivity index (χ1v) is 6.74. The molecule has 1 atom stereocenters. The van der Waals surface area contributed by atoms with Crippen molar-refractivity contribution >= 4 is 5.91 Å². The first-order chi connectivity index (χ1) is 8.68. The zero-order chi connectivity index (χ0) is 13.2. The summed E-state index contributed by atoms with van der Waals surface area (Å²) in [5.41, 5.74) is 6.93. The van der Waals surface area contributed by atoms with Gasteiger partial charge >= 0.3 is 0 Å². The Morgan fingerprint density at radius 2 is 2.00 bits per heavy atom. The van der Waals surface area contributed by atoms with E-state index in [1.807, 2.05) is 25.1 Å². The van der Waals surface area contributed by atoms with Crippen molar-refractivity contribution in [3.8, 4) is 0 Å². The molecule has 0 aliphatic carbocycles. The normalized spacial score (nSPS) is 12.1. The van der Waals surface area contributed by atoms with Gasteiger partial charge in [0.05, 0.1) is 0 Å². The van der Waals surface area contributed by atoms with E-state index >= 15 is 0 Å². The highest BCUT2D eigenvalue weighted by Crippen LogP contribution is 2.04. The number of hydrogen-bond acceptors (Lipinski definition) is 2. The lowest BCUT2D eigenvalue weighted by molar-refractivity contribution is -0.121. The zero-order valence-electron chi connectivity index (χ0n) is 11.2. The van der Waals surface area contributed by atoms with Crippen LogP contribution < -0.4 is 11.1 Å². The van der Waals surface area contributed by atoms with Crippen LogP contribution in [0.1, 0.15) is 38.2 Å². The molecule has 18 heavy (non-hydrogen) atoms. The molecule has 0 saturated carbocycles. The van der Waals surface area contributed by atoms with Crippen molar-refractivity contribution in [3.63, 3.8) is 0 Å². The van der Waals surface area contributed by atoms with Gasteiger partial charge in [0.15, 0.2) is 0 Å². The largest absolute Gasteiger partial charge is 0.356 e. The van der Waals surface area contributed by atoms with Crippen LogP contribution in [0.2, 0.25) is 0 Å². The Hall–Kier alpha value is -1.35. The molecule has 100 valence electrons. The second-order valence-electron chi connectivity index (χ2n) is 4.81. The van der Waals surface area contributed by atoms with Crippen LogP contribution in [0.3, 0.4) is 0 Å². The van der Waals surface area contributed by atoms with Crippen LogP contribution in [-0.2, 0) is 11.2 Å². The van der Waals surface area contributed by atoms with Gasteiger partial charge in [0.2, 0.25) is 5.91 Å². The number of rotatable bonds is 8. The number of carbonyl (C=O) groups excluding carboxylic acids is 1. The van der Waals surface area contributed by atoms with Gasteiger partial charge in [-0.3, -0.25) is 4.79 Å². The molecule has 1 aromatic rings. The molecule has 1 aromatic carbocycles. The van der Waals surface area contributed by atoms with Gasteiger partial charge in [-0.2, -0.15) is 0 Å². The minimum absolute atomic E-state index is 0.149. The van der Waals surface area contributed by atoms with E-state index in [-0.39, 0.29) is 11.9 Å². The molecule has 1 amide bonds. The summed E-state index contributed by atoms with van der Waals surface area (Å²) in [5, 5.41) is 2.93. The van der Waals surface area contributed by atoms with Gasteiger partial charge in [-0.15, -0.1) is 0 Å². The molecule has 0 aromatic heterocycles. The maximum atomic E-state index is 11.5. The number of hydrogen-bond donors (Lipinski definition) is 2. The molecule has 0 bridgehead atoms. The highest BCUT2D eigenvalue weighted by atomic mass is 16.1. The topological polar surface area (TPSA) is 55.1 Å². The quantitative estimate of drug-likeness (QED) is 0.693. The lowest BCUT2D eigenvalue weighted by Gasteiger charge is -2.07. The van der Waals surface area contributed by atoms with Gasteiger partial charge in [0.1, 0.15) is 0 Å². The van der Waals surface area contributed by atoms with Gasteiger partial charge in [0, 0.05) is 19.0 Å². The van der Waals surface area contributed by atoms with Crippen LogP contribution in [0.15, 0.2) is 30.3 Å². The first-order valence-electron chi connectivity index (χ1n) is 6.74. The third-order valence-corrected chi connectivity index (χ3v) is 2.87. The van der Waals surface area contributed by atoms with Gasteiger partial charge in [-0.05, 0) is 38.2 Å². The van der Waals surface area contributed by atoms with E-state index in [0.29, 0.717) is 6.42 Å². The maximum absolute atomic E-state index is 11.5. The SMILES string of the molecule is CC(N)CCCNC(=O)CCCc1ccccc1. The summed E-state index contributed by atoms with van der Waals surface area (Å²) in [7, 11) is 0. The minimum atomic E-state index is 0.149. The summed E-state index contributed by atoms with van der Waals surface area (Å²) in [6, 6.07) is 10.5. The second kappa shape index (κ2) is 8.70. The van der Waals surface area contributed by atoms with Crippen molar-refractivity contribution in [2.24, 2.45) is 5.73 Å². The van der Waals surface area contributed by atoms with Crippen molar-refractivity contribution in [1.82, 2.24) is 5.32 Å². The van der Waals surface area contributed by atoms with E-state index in [9.17, 15) is 4.79 Å². The number of carbonyl (C=O) groups is 1. The lowest BCUT2D eigenvalue weighted by atomic mass is 10.1. The number of nitrogens with one attached hydrogen (secondary N) is 1. The number of nitrogens with two attached hydrogens (primary N) is 1. The van der Waals surface area contributed by atoms with Crippen LogP contribution in [0.25, 0.3) is 0 Å². The molecule has 1 rings (SSSR count). The Kier molecular flexibility index (Phi) is 7.11. The van der Waals surface area contributed by atoms with E-state index in [4.69, 9.17) is 5.73 Å². The van der Waals surface area contributed by atoms with Gasteiger partial charge in [-0.25, -0.2) is 0 Å². The minimum Gasteiger partial charge on any atom is -0.356 e. The van der Waals surface area contributed by atoms with Gasteiger partial charge in [-0.1, -0.05) is 30.3 Å². The molecule has 3 N–H and O–H groups in total. The zero-order valence-corrected chi connectivity index (χ0v) is 11.2. The molecular weight excluding hydrogens is 224 g/mol. The Labute approximate surface area is 110 Å². The van der Waals surface area contributed by atoms with Crippen LogP contribution >= 0.6 is 0 Å². The monoisotopic (exact) mass is 248 g/mol. The average molecular weight is 248 g/mol. The molecule has 3 heteroatoms. The molecule has 0 spiro atoms. The van der Waals surface area contributed by atoms with E-state index in [2.05, 4.69) is 17.4 Å². The fraction of sp³-hybridized carbons (Fsp3) is 0.533. The van der Waals surface area contributed by atoms with Crippen LogP contribution in [0.5, 0.6) is 0 Å². The fourth-order valence-electron chi connectivity index (χ4n) is 1.84. The Morgan fingerprint density at radius 3 is 2.67 bits per heavy atom. The van der Waals surface area contributed by atoms with Crippen molar-refractivity contribution in [3.05, 3.63) is 35.9 Å². The molecule has 0 saturated heterocycles. The third kappa shape index (κ3) is 7.07. The lowest BCUT2D eigenvalue weighted by Crippen LogP contribution is -2.25. The van der Waals surface area contributed by atoms with Gasteiger partial charge < -0.3 is 11.1 Å². The number of amides is 1. The predicted octanol–water partition coefficient (Wildman–Crippen LogP) is 2.25. The highest BCUT2D eigenvalue weighted by Gasteiger charge is 2.01. The van der Waals surface area contributed by atoms with Crippen molar-refractivity contribution < 1.29 is 4.79 Å². The molecule has 0 aliphatic rings. The molecule has 0 radical (unpaired) electrons. The Balaban J connectivity index is 2.03. The maximum Gasteiger partial charge on any atom is 0.220 e. The highest BCUT2D eigenvalue weighted by molar-refractivity contribution is 5.75. The summed E-state index contributed by atoms with van der Waals surface area (Å²) in [5.74, 6) is 0.149. The summed E-state index contributed by atoms with van der Waals surface area (Å²) in [4.78, 5) is 11.5. The first kappa shape index (κ1) is 14.7. The molecule has 0 heterocycles. The number of benzene rings is 1. The summed E-state index contributed by atoms with van der Waals surface area (Å²) >= 11 is 0. The molecule has 0 fully saturated rings. The van der Waals surface area contributed by atoms with Crippen LogP contribution in [0.4, 0.5) is 0 Å². The predicted molar refractivity (Wildman–Crippen MR) is 75.3 cm³/mol. The molecule has 0 aliphatic heterocycles. The van der Waals surface area contributed by atoms with Crippen molar-refractivity contribution in [1.29, 1.82) is 0 Å². The number of aryl methyl sites for hydroxylation is 1. The fourth-order valence-corrected chi connectivity index (χ4v) is 1.84. The van der Waals surface area contributed by atoms with E-state index < -0.39 is 0 Å². The Bertz CT molecular complexity index is 336. The van der Waals surface area contributed by atoms with Crippen LogP contribution in [-0.4, -0.2) is 18.5 Å². The average Bonchev–Trinajstić information content (AvgIpc) is 2.36. The van der Waals surface area contributed by atoms with E-state index in [0.717, 1.165) is 32.2 Å². The second-order valence-corrected chi connectivity index (χ2v) is 4.81. The summed E-state index contributed by atoms with van der Waals surface area (Å²) in [6.45, 7) is 2.73. The van der Waals surface area contributed by atoms with Gasteiger partial charge in [0.25, 0.3) is 0 Å². The summed E-state index contributed by atoms with van der Waals surface area (Å²) in [6.07, 6.45) is 4.40. The van der Waals surface area contributed by atoms with Crippen molar-refractivity contribution in [2.45, 2.75) is 45.1 Å². The summed E-state index contributed by atoms with van der Waals surface area (Å²) < 4.78 is 0.